The van der Waals surface area contributed by atoms with Crippen molar-refractivity contribution in [3.05, 3.63) is 29.1 Å². The van der Waals surface area contributed by atoms with E-state index < -0.39 is 11.8 Å². The average Bonchev–Trinajstić information content (AvgIpc) is 2.26. The van der Waals surface area contributed by atoms with Crippen LogP contribution in [0, 0.1) is 12.7 Å². The Morgan fingerprint density at radius 1 is 1.40 bits per heavy atom. The van der Waals surface area contributed by atoms with E-state index in [0.29, 0.717) is 5.56 Å². The van der Waals surface area contributed by atoms with Crippen LogP contribution in [0.15, 0.2) is 12.1 Å². The van der Waals surface area contributed by atoms with Crippen molar-refractivity contribution in [2.45, 2.75) is 20.8 Å². The molecule has 15 heavy (non-hydrogen) atoms. The number of hydrogen-bond acceptors (Lipinski definition) is 3. The third kappa shape index (κ3) is 2.94. The van der Waals surface area contributed by atoms with Crippen LogP contribution in [0.3, 0.4) is 0 Å². The molecule has 3 nitrogen and oxygen atoms in total. The van der Waals surface area contributed by atoms with Crippen LogP contribution in [-0.2, 0) is 4.74 Å². The standard InChI is InChI=1S/C9H10FNO2.C2H6/c1-5-3-4-6(11)7(8(5)10)9(12)13-2;1-2/h3-4H,11H2,1-2H3;1-2H3. The Bertz CT molecular complexity index is 351. The van der Waals surface area contributed by atoms with Crippen LogP contribution in [0.5, 0.6) is 0 Å². The number of nitrogen functional groups attached to an aromatic ring is 1. The van der Waals surface area contributed by atoms with Crippen LogP contribution in [-0.4, -0.2) is 13.1 Å². The quantitative estimate of drug-likeness (QED) is 0.576. The Balaban J connectivity index is 0.000000921. The van der Waals surface area contributed by atoms with Crippen molar-refractivity contribution >= 4 is 11.7 Å². The number of nitrogens with two attached hydrogens (primary N) is 1. The molecule has 0 radical (unpaired) electrons. The van der Waals surface area contributed by atoms with Crippen LogP contribution < -0.4 is 5.73 Å². The molecule has 0 heterocycles. The summed E-state index contributed by atoms with van der Waals surface area (Å²) < 4.78 is 17.7. The van der Waals surface area contributed by atoms with Crippen LogP contribution >= 0.6 is 0 Å². The Hall–Kier alpha value is -1.58. The van der Waals surface area contributed by atoms with E-state index >= 15 is 0 Å². The molecule has 0 saturated heterocycles. The lowest BCUT2D eigenvalue weighted by Gasteiger charge is -2.06. The third-order valence-corrected chi connectivity index (χ3v) is 1.76. The lowest BCUT2D eigenvalue weighted by atomic mass is 10.1. The predicted molar refractivity (Wildman–Crippen MR) is 58.2 cm³/mol. The average molecular weight is 213 g/mol. The smallest absolute Gasteiger partial charge is 0.342 e. The summed E-state index contributed by atoms with van der Waals surface area (Å²) in [6.07, 6.45) is 0. The second kappa shape index (κ2) is 6.01. The van der Waals surface area contributed by atoms with Gasteiger partial charge < -0.3 is 10.5 Å². The van der Waals surface area contributed by atoms with Gasteiger partial charge in [-0.05, 0) is 18.6 Å². The maximum atomic E-state index is 13.3. The minimum atomic E-state index is -0.751. The molecule has 0 spiro atoms. The fraction of sp³-hybridized carbons (Fsp3) is 0.364. The van der Waals surface area contributed by atoms with Crippen molar-refractivity contribution in [2.75, 3.05) is 12.8 Å². The lowest BCUT2D eigenvalue weighted by molar-refractivity contribution is 0.0596. The zero-order valence-corrected chi connectivity index (χ0v) is 9.43. The number of ether oxygens (including phenoxy) is 1. The molecule has 1 aromatic carbocycles. The Labute approximate surface area is 89.0 Å². The molecule has 0 aromatic heterocycles. The van der Waals surface area contributed by atoms with Gasteiger partial charge in [-0.2, -0.15) is 0 Å². The second-order valence-electron chi connectivity index (χ2n) is 2.65. The van der Waals surface area contributed by atoms with E-state index in [1.54, 1.807) is 6.92 Å². The molecule has 0 aliphatic heterocycles. The van der Waals surface area contributed by atoms with Crippen molar-refractivity contribution in [3.63, 3.8) is 0 Å². The first kappa shape index (κ1) is 13.4. The summed E-state index contributed by atoms with van der Waals surface area (Å²) in [6, 6.07) is 2.99. The molecule has 84 valence electrons. The Kier molecular flexibility index (Phi) is 5.37. The molecule has 1 aromatic rings. The summed E-state index contributed by atoms with van der Waals surface area (Å²) in [5.74, 6) is -1.37. The highest BCUT2D eigenvalue weighted by Gasteiger charge is 2.17. The van der Waals surface area contributed by atoms with E-state index in [4.69, 9.17) is 5.73 Å². The monoisotopic (exact) mass is 213 g/mol. The van der Waals surface area contributed by atoms with E-state index in [1.165, 1.54) is 19.2 Å². The molecule has 0 aliphatic rings. The number of benzene rings is 1. The molecule has 0 bridgehead atoms. The van der Waals surface area contributed by atoms with Gasteiger partial charge in [0, 0.05) is 5.69 Å². The van der Waals surface area contributed by atoms with E-state index in [2.05, 4.69) is 4.74 Å². The number of rotatable bonds is 1. The lowest BCUT2D eigenvalue weighted by Crippen LogP contribution is -2.09. The largest absolute Gasteiger partial charge is 0.465 e. The number of halogens is 1. The molecule has 0 atom stereocenters. The van der Waals surface area contributed by atoms with Crippen LogP contribution in [0.4, 0.5) is 10.1 Å². The van der Waals surface area contributed by atoms with Gasteiger partial charge in [-0.3, -0.25) is 0 Å². The van der Waals surface area contributed by atoms with Gasteiger partial charge in [-0.25, -0.2) is 9.18 Å². The van der Waals surface area contributed by atoms with E-state index in [0.717, 1.165) is 0 Å². The predicted octanol–water partition coefficient (Wildman–Crippen LogP) is 2.53. The molecule has 0 saturated carbocycles. The topological polar surface area (TPSA) is 52.3 Å². The Morgan fingerprint density at radius 3 is 2.40 bits per heavy atom. The van der Waals surface area contributed by atoms with Crippen LogP contribution in [0.1, 0.15) is 29.8 Å². The van der Waals surface area contributed by atoms with Gasteiger partial charge in [0.1, 0.15) is 11.4 Å². The SMILES string of the molecule is CC.COC(=O)c1c(N)ccc(C)c1F. The summed E-state index contributed by atoms with van der Waals surface area (Å²) in [5, 5.41) is 0. The molecule has 0 unspecified atom stereocenters. The molecule has 4 heteroatoms. The number of aryl methyl sites for hydroxylation is 1. The number of methoxy groups -OCH3 is 1. The highest BCUT2D eigenvalue weighted by atomic mass is 19.1. The number of anilines is 1. The second-order valence-corrected chi connectivity index (χ2v) is 2.65. The van der Waals surface area contributed by atoms with Crippen molar-refractivity contribution in [1.82, 2.24) is 0 Å². The summed E-state index contributed by atoms with van der Waals surface area (Å²) in [4.78, 5) is 11.1. The molecule has 2 N–H and O–H groups in total. The summed E-state index contributed by atoms with van der Waals surface area (Å²) >= 11 is 0. The van der Waals surface area contributed by atoms with Gasteiger partial charge in [-0.1, -0.05) is 19.9 Å². The third-order valence-electron chi connectivity index (χ3n) is 1.76. The first-order valence-electron chi connectivity index (χ1n) is 4.70. The highest BCUT2D eigenvalue weighted by molar-refractivity contribution is 5.95. The summed E-state index contributed by atoms with van der Waals surface area (Å²) in [7, 11) is 1.18. The molecule has 1 rings (SSSR count). The minimum Gasteiger partial charge on any atom is -0.465 e. The molecule has 0 fully saturated rings. The van der Waals surface area contributed by atoms with E-state index in [-0.39, 0.29) is 11.3 Å². The zero-order chi connectivity index (χ0) is 12.0. The normalized spacial score (nSPS) is 8.87. The molecule has 0 amide bonds. The fourth-order valence-electron chi connectivity index (χ4n) is 1.00. The first-order chi connectivity index (χ1) is 7.07. The van der Waals surface area contributed by atoms with Crippen molar-refractivity contribution in [3.8, 4) is 0 Å². The Morgan fingerprint density at radius 2 is 1.93 bits per heavy atom. The highest BCUT2D eigenvalue weighted by Crippen LogP contribution is 2.19. The molecular weight excluding hydrogens is 197 g/mol. The van der Waals surface area contributed by atoms with Crippen molar-refractivity contribution in [2.24, 2.45) is 0 Å². The van der Waals surface area contributed by atoms with Gasteiger partial charge in [0.2, 0.25) is 0 Å². The number of hydrogen-bond donors (Lipinski definition) is 1. The zero-order valence-electron chi connectivity index (χ0n) is 9.43. The fourth-order valence-corrected chi connectivity index (χ4v) is 1.00. The van der Waals surface area contributed by atoms with Crippen molar-refractivity contribution in [1.29, 1.82) is 0 Å². The number of esters is 1. The van der Waals surface area contributed by atoms with E-state index in [9.17, 15) is 9.18 Å². The van der Waals surface area contributed by atoms with Gasteiger partial charge in [0.25, 0.3) is 0 Å². The van der Waals surface area contributed by atoms with Crippen molar-refractivity contribution < 1.29 is 13.9 Å². The van der Waals surface area contributed by atoms with Gasteiger partial charge >= 0.3 is 5.97 Å². The molecular formula is C11H16FNO2. The minimum absolute atomic E-state index is 0.0925. The molecule has 0 aliphatic carbocycles. The van der Waals surface area contributed by atoms with Crippen LogP contribution in [0.25, 0.3) is 0 Å². The summed E-state index contributed by atoms with van der Waals surface area (Å²) in [6.45, 7) is 5.56. The maximum Gasteiger partial charge on any atom is 0.342 e. The maximum absolute atomic E-state index is 13.3. The first-order valence-corrected chi connectivity index (χ1v) is 4.70. The van der Waals surface area contributed by atoms with Gasteiger partial charge in [0.15, 0.2) is 0 Å². The number of carbonyl (C=O) groups is 1. The van der Waals surface area contributed by atoms with Gasteiger partial charge in [0.05, 0.1) is 7.11 Å². The van der Waals surface area contributed by atoms with Gasteiger partial charge in [-0.15, -0.1) is 0 Å². The van der Waals surface area contributed by atoms with E-state index in [1.807, 2.05) is 13.8 Å². The van der Waals surface area contributed by atoms with Crippen LogP contribution in [0.2, 0.25) is 0 Å². The number of carbonyl (C=O) groups excluding carboxylic acids is 1. The summed E-state index contributed by atoms with van der Waals surface area (Å²) in [5.41, 5.74) is 5.70.